The molecule has 130 valence electrons. The maximum absolute atomic E-state index is 12.7. The molecule has 0 atom stereocenters. The molecule has 1 N–H and O–H groups in total. The number of hydrogen-bond donors (Lipinski definition) is 1. The average Bonchev–Trinajstić information content (AvgIpc) is 2.99. The van der Waals surface area contributed by atoms with Crippen LogP contribution in [0.3, 0.4) is 0 Å². The highest BCUT2D eigenvalue weighted by molar-refractivity contribution is 7.19. The Balaban J connectivity index is 2.47. The number of nitrogens with zero attached hydrogens (tertiary/aromatic N) is 2. The molecule has 0 radical (unpaired) electrons. The van der Waals surface area contributed by atoms with E-state index in [0.717, 1.165) is 10.4 Å². The van der Waals surface area contributed by atoms with Crippen molar-refractivity contribution in [2.75, 3.05) is 11.9 Å². The van der Waals surface area contributed by atoms with Crippen LogP contribution in [0, 0.1) is 0 Å². The van der Waals surface area contributed by atoms with Gasteiger partial charge in [-0.3, -0.25) is 4.79 Å². The van der Waals surface area contributed by atoms with Crippen molar-refractivity contribution in [3.63, 3.8) is 0 Å². The fraction of sp³-hybridized carbons (Fsp3) is 0.278. The molecule has 1 aromatic heterocycles. The number of anilines is 1. The first kappa shape index (κ1) is 18.6. The molecule has 0 aliphatic carbocycles. The molecule has 2 rings (SSSR count). The summed E-state index contributed by atoms with van der Waals surface area (Å²) in [6, 6.07) is 11.5. The van der Waals surface area contributed by atoms with Crippen LogP contribution < -0.4 is 5.32 Å². The number of nitrogens with one attached hydrogen (secondary N) is 1. The second-order valence-corrected chi connectivity index (χ2v) is 6.57. The number of thiophene rings is 1. The Morgan fingerprint density at radius 3 is 2.52 bits per heavy atom. The van der Waals surface area contributed by atoms with Crippen LogP contribution in [0.15, 0.2) is 36.4 Å². The van der Waals surface area contributed by atoms with Crippen LogP contribution >= 0.6 is 11.3 Å². The average molecular weight is 357 g/mol. The molecule has 0 saturated carbocycles. The van der Waals surface area contributed by atoms with Gasteiger partial charge in [-0.05, 0) is 32.4 Å². The van der Waals surface area contributed by atoms with Crippen molar-refractivity contribution in [1.29, 1.82) is 0 Å². The Labute approximate surface area is 150 Å². The van der Waals surface area contributed by atoms with Crippen LogP contribution in [-0.4, -0.2) is 34.9 Å². The summed E-state index contributed by atoms with van der Waals surface area (Å²) in [7, 11) is 0. The van der Waals surface area contributed by atoms with Gasteiger partial charge in [0.2, 0.25) is 0 Å². The van der Waals surface area contributed by atoms with Crippen molar-refractivity contribution in [3.8, 4) is 10.4 Å². The molecule has 7 heteroatoms. The van der Waals surface area contributed by atoms with Crippen molar-refractivity contribution in [2.45, 2.75) is 26.8 Å². The number of benzene rings is 1. The van der Waals surface area contributed by atoms with Crippen LogP contribution in [0.2, 0.25) is 0 Å². The predicted molar refractivity (Wildman–Crippen MR) is 98.1 cm³/mol. The molecule has 6 nitrogen and oxygen atoms in total. The molecule has 0 aliphatic heterocycles. The minimum atomic E-state index is -0.944. The molecule has 0 amide bonds. The fourth-order valence-electron chi connectivity index (χ4n) is 2.21. The van der Waals surface area contributed by atoms with Gasteiger partial charge in [0.05, 0.1) is 12.3 Å². The summed E-state index contributed by atoms with van der Waals surface area (Å²) in [5.41, 5.74) is 10.0. The van der Waals surface area contributed by atoms with Crippen molar-refractivity contribution >= 4 is 34.5 Å². The number of hydrogen-bond acceptors (Lipinski definition) is 5. The molecule has 1 aromatic carbocycles. The maximum atomic E-state index is 12.7. The summed E-state index contributed by atoms with van der Waals surface area (Å²) in [6.07, 6.45) is 0. The van der Waals surface area contributed by atoms with E-state index in [9.17, 15) is 9.59 Å². The van der Waals surface area contributed by atoms with Gasteiger partial charge in [0, 0.05) is 10.9 Å². The third-order valence-electron chi connectivity index (χ3n) is 3.22. The second-order valence-electron chi connectivity index (χ2n) is 5.52. The largest absolute Gasteiger partial charge is 0.457 e. The monoisotopic (exact) mass is 357 g/mol. The topological polar surface area (TPSA) is 91.8 Å². The minimum Gasteiger partial charge on any atom is -0.457 e. The second kappa shape index (κ2) is 8.37. The zero-order valence-electron chi connectivity index (χ0n) is 14.3. The van der Waals surface area contributed by atoms with Crippen molar-refractivity contribution in [3.05, 3.63) is 46.8 Å². The van der Waals surface area contributed by atoms with E-state index in [-0.39, 0.29) is 12.6 Å². The first-order valence-electron chi connectivity index (χ1n) is 7.87. The zero-order chi connectivity index (χ0) is 18.4. The van der Waals surface area contributed by atoms with Crippen LogP contribution in [0.4, 0.5) is 5.69 Å². The van der Waals surface area contributed by atoms with E-state index < -0.39 is 17.5 Å². The zero-order valence-corrected chi connectivity index (χ0v) is 15.1. The van der Waals surface area contributed by atoms with Gasteiger partial charge in [0.15, 0.2) is 0 Å². The highest BCUT2D eigenvalue weighted by atomic mass is 32.1. The molecule has 0 unspecified atom stereocenters. The summed E-state index contributed by atoms with van der Waals surface area (Å²) in [4.78, 5) is 28.6. The summed E-state index contributed by atoms with van der Waals surface area (Å²) >= 11 is 1.23. The predicted octanol–water partition coefficient (Wildman–Crippen LogP) is 3.65. The Hall–Kier alpha value is -2.76. The Bertz CT molecular complexity index is 821. The number of Topliss-reactive ketones (excluding diaryl/α,β-unsaturated/α-hetero) is 1. The number of esters is 1. The molecule has 0 aliphatic rings. The number of carbonyl (C=O) groups excluding carboxylic acids is 2. The lowest BCUT2D eigenvalue weighted by Gasteiger charge is -2.08. The molecule has 0 bridgehead atoms. The minimum absolute atomic E-state index is 0.0851. The summed E-state index contributed by atoms with van der Waals surface area (Å²) in [5, 5.41) is 3.20. The van der Waals surface area contributed by atoms with E-state index >= 15 is 0 Å². The third kappa shape index (κ3) is 4.41. The molecule has 0 spiro atoms. The summed E-state index contributed by atoms with van der Waals surface area (Å²) < 4.78 is 4.78. The smallest absolute Gasteiger partial charge is 0.447 e. The molecule has 2 aromatic rings. The van der Waals surface area contributed by atoms with Gasteiger partial charge in [0.25, 0.3) is 5.78 Å². The Morgan fingerprint density at radius 2 is 1.96 bits per heavy atom. The van der Waals surface area contributed by atoms with E-state index in [0.29, 0.717) is 10.6 Å². The fourth-order valence-corrected chi connectivity index (χ4v) is 3.28. The highest BCUT2D eigenvalue weighted by Crippen LogP contribution is 2.35. The Morgan fingerprint density at radius 1 is 1.28 bits per heavy atom. The molecule has 1 heterocycles. The number of carbonyl (C=O) groups is 2. The SMILES string of the molecule is CCOC(=O)C(=[N+]=[N-])C(=O)c1sc(-c2ccccc2)cc1NC(C)C. The van der Waals surface area contributed by atoms with E-state index in [1.807, 2.05) is 50.2 Å². The van der Waals surface area contributed by atoms with Crippen molar-refractivity contribution in [1.82, 2.24) is 0 Å². The lowest BCUT2D eigenvalue weighted by molar-refractivity contribution is -0.139. The normalized spacial score (nSPS) is 10.2. The number of ether oxygens (including phenoxy) is 1. The van der Waals surface area contributed by atoms with Crippen molar-refractivity contribution in [2.24, 2.45) is 0 Å². The molecule has 25 heavy (non-hydrogen) atoms. The lowest BCUT2D eigenvalue weighted by atomic mass is 10.1. The van der Waals surface area contributed by atoms with E-state index in [4.69, 9.17) is 10.3 Å². The van der Waals surface area contributed by atoms with Crippen molar-refractivity contribution < 1.29 is 19.1 Å². The third-order valence-corrected chi connectivity index (χ3v) is 4.41. The van der Waals surface area contributed by atoms with Crippen LogP contribution in [-0.2, 0) is 9.53 Å². The highest BCUT2D eigenvalue weighted by Gasteiger charge is 2.35. The van der Waals surface area contributed by atoms with Gasteiger partial charge >= 0.3 is 11.7 Å². The molecular weight excluding hydrogens is 338 g/mol. The summed E-state index contributed by atoms with van der Waals surface area (Å²) in [5.74, 6) is -1.61. The molecular formula is C18H19N3O3S. The van der Waals surface area contributed by atoms with Gasteiger partial charge in [-0.1, -0.05) is 30.3 Å². The van der Waals surface area contributed by atoms with E-state index in [1.165, 1.54) is 11.3 Å². The quantitative estimate of drug-likeness (QED) is 0.204. The molecule has 0 saturated heterocycles. The van der Waals surface area contributed by atoms with Gasteiger partial charge in [-0.15, -0.1) is 11.3 Å². The first-order chi connectivity index (χ1) is 12.0. The van der Waals surface area contributed by atoms with Gasteiger partial charge in [-0.2, -0.15) is 4.79 Å². The van der Waals surface area contributed by atoms with Crippen LogP contribution in [0.1, 0.15) is 30.4 Å². The van der Waals surface area contributed by atoms with Crippen LogP contribution in [0.25, 0.3) is 16.0 Å². The summed E-state index contributed by atoms with van der Waals surface area (Å²) in [6.45, 7) is 5.59. The van der Waals surface area contributed by atoms with E-state index in [1.54, 1.807) is 6.92 Å². The molecule has 0 fully saturated rings. The lowest BCUT2D eigenvalue weighted by Crippen LogP contribution is -2.27. The standard InChI is InChI=1S/C18H19N3O3S/c1-4-24-18(23)15(21-19)16(22)17-13(20-11(2)3)10-14(25-17)12-8-6-5-7-9-12/h5-11,20H,4H2,1-3H3. The van der Waals surface area contributed by atoms with E-state index in [2.05, 4.69) is 10.1 Å². The first-order valence-corrected chi connectivity index (χ1v) is 8.69. The van der Waals surface area contributed by atoms with Gasteiger partial charge < -0.3 is 15.6 Å². The van der Waals surface area contributed by atoms with Crippen LogP contribution in [0.5, 0.6) is 0 Å². The maximum Gasteiger partial charge on any atom is 0.447 e. The Kier molecular flexibility index (Phi) is 6.22. The van der Waals surface area contributed by atoms with Gasteiger partial charge in [0.1, 0.15) is 4.88 Å². The van der Waals surface area contributed by atoms with Gasteiger partial charge in [-0.25, -0.2) is 4.79 Å². The number of ketones is 1. The number of rotatable bonds is 7.